The molecule has 0 aliphatic carbocycles. The fourth-order valence-electron chi connectivity index (χ4n) is 14.7. The van der Waals surface area contributed by atoms with Gasteiger partial charge in [0.2, 0.25) is 11.5 Å². The lowest BCUT2D eigenvalue weighted by molar-refractivity contribution is -0.147. The van der Waals surface area contributed by atoms with Crippen LogP contribution in [0.3, 0.4) is 0 Å². The molecule has 4 aliphatic heterocycles. The van der Waals surface area contributed by atoms with Crippen molar-refractivity contribution < 1.29 is 80.4 Å². The fourth-order valence-corrected chi connectivity index (χ4v) is 19.1. The molecule has 32 heteroatoms. The van der Waals surface area contributed by atoms with Crippen LogP contribution in [0.25, 0.3) is 0 Å². The Bertz CT molecular complexity index is 4410. The predicted molar refractivity (Wildman–Crippen MR) is 498 cm³/mol. The van der Waals surface area contributed by atoms with E-state index >= 15 is 0 Å². The van der Waals surface area contributed by atoms with Gasteiger partial charge >= 0.3 is 18.2 Å². The molecular formula is C86H118Cl4N4O17S7. The van der Waals surface area contributed by atoms with E-state index < -0.39 is 68.1 Å². The Kier molecular flexibility index (Phi) is 43.4. The molecule has 3 N–H and O–H groups in total. The molecule has 0 bridgehead atoms. The van der Waals surface area contributed by atoms with E-state index in [0.717, 1.165) is 92.8 Å². The number of carboxylic acid groups (broad SMARTS) is 1. The Morgan fingerprint density at radius 3 is 1.31 bits per heavy atom. The summed E-state index contributed by atoms with van der Waals surface area (Å²) in [7, 11) is 11.1. The number of aliphatic carboxylic acids is 1. The van der Waals surface area contributed by atoms with Crippen LogP contribution in [0.5, 0.6) is 34.5 Å². The normalized spacial score (nSPS) is 16.5. The monoisotopic (exact) mass is 1840 g/mol. The Hall–Kier alpha value is -5.90. The van der Waals surface area contributed by atoms with Gasteiger partial charge in [-0.3, -0.25) is 18.2 Å². The summed E-state index contributed by atoms with van der Waals surface area (Å²) >= 11 is 25.6. The molecule has 118 heavy (non-hydrogen) atoms. The first-order valence-corrected chi connectivity index (χ1v) is 41.4. The average Bonchev–Trinajstić information content (AvgIpc) is 1.57. The number of nitrogens with one attached hydrogen (secondary N) is 1. The minimum atomic E-state index is -1.41. The standard InChI is InChI=1S/C39H50Cl2N2O7S.C27H35Cl2NO6.C12H15NOS.C8H8O3.5H2S/c1-37(2,3)50-36(44)42(4)38(29-13-14-31(40)32(41)23-29,26-49-24-27-21-33(46-5)35(48-7)34(22-27)47-6)15-10-18-43-19-16-39(17-20-43)30-12-9-8-11-28(30)25-51(39)45;1-9-12-27(19-10-11-20(28)21(29)15-19,30(5)25(31)36-26(2,3)4)17-35-16-18-13-22(32-6)24(34-8)23(14-18)33-7;14-15-9-10-3-1-2-4-11(10)12(15)5-7-13-8-6-12;9-7(8(10)11)6-4-2-1-3-5-6;;;;;/h8-9,11-14,21-23H,10,15-20,24-26H2,1-7H3;9-11,13-15H,1,12,16-17H2,2-8H3;1-4,13H,5-9H2;1-5,7,9H,(H,10,11);5*1H2/t38-,51?;27-;;7-;;;;;/m11.1...../s1. The fraction of sp³-hybridized carbons (Fsp3) is 0.453. The first-order valence-electron chi connectivity index (χ1n) is 37.2. The SMILES string of the molecule is C=CC[C@@](COCc1cc(OC)c(OC)c(OC)c1)(c1ccc(Cl)c(Cl)c1)N(C)C(=O)OC(C)(C)C.COc1cc(COC[C@](CCCN2CCC3(CC2)c2ccccc2CS3=O)(c2ccc(Cl)c(Cl)c2)N(C)C(=O)OC(C)(C)C)cc(OC)c1OC.O=C(O)[C@H](O)c1ccccc1.O=S1Cc2ccccc2C12CCNCC2.S.S.S.S.S. The number of benzene rings is 7. The van der Waals surface area contributed by atoms with Crippen molar-refractivity contribution in [2.75, 3.05) is 103 Å². The van der Waals surface area contributed by atoms with Gasteiger partial charge in [0.25, 0.3) is 0 Å². The first-order chi connectivity index (χ1) is 53.7. The van der Waals surface area contributed by atoms with Gasteiger partial charge in [-0.25, -0.2) is 14.4 Å². The molecule has 4 heterocycles. The third-order valence-corrected chi connectivity index (χ3v) is 26.3. The van der Waals surface area contributed by atoms with Gasteiger partial charge in [0, 0.05) is 47.2 Å². The van der Waals surface area contributed by atoms with Crippen LogP contribution in [0.15, 0.2) is 152 Å². The smallest absolute Gasteiger partial charge is 0.410 e. The molecular weight excluding hydrogens is 1730 g/mol. The third-order valence-electron chi connectivity index (χ3n) is 20.6. The molecule has 2 amide bonds. The second-order valence-corrected chi connectivity index (χ2v) is 35.2. The zero-order chi connectivity index (χ0) is 82.6. The van der Waals surface area contributed by atoms with Gasteiger partial charge in [0.15, 0.2) is 29.1 Å². The maximum Gasteiger partial charge on any atom is 0.410 e. The molecule has 4 aliphatic rings. The molecule has 7 aromatic carbocycles. The molecule has 21 nitrogen and oxygen atoms in total. The van der Waals surface area contributed by atoms with Crippen LogP contribution < -0.4 is 33.7 Å². The number of methoxy groups -OCH3 is 6. The van der Waals surface area contributed by atoms with Crippen molar-refractivity contribution in [2.45, 2.75) is 149 Å². The van der Waals surface area contributed by atoms with Crippen LogP contribution in [0.4, 0.5) is 9.59 Å². The quantitative estimate of drug-likeness (QED) is 0.0427. The van der Waals surface area contributed by atoms with Crippen molar-refractivity contribution in [3.63, 3.8) is 0 Å². The Morgan fingerprint density at radius 2 is 0.924 bits per heavy atom. The molecule has 2 spiro atoms. The lowest BCUT2D eigenvalue weighted by Crippen LogP contribution is -2.52. The van der Waals surface area contributed by atoms with Crippen LogP contribution in [-0.2, 0) is 90.6 Å². The number of carbonyl (C=O) groups is 3. The van der Waals surface area contributed by atoms with Gasteiger partial charge in [-0.05, 0) is 218 Å². The van der Waals surface area contributed by atoms with E-state index in [1.54, 1.807) is 116 Å². The van der Waals surface area contributed by atoms with Crippen molar-refractivity contribution in [3.05, 3.63) is 222 Å². The number of aliphatic hydroxyl groups is 1. The highest BCUT2D eigenvalue weighted by atomic mass is 35.5. The largest absolute Gasteiger partial charge is 0.493 e. The molecule has 0 radical (unpaired) electrons. The first kappa shape index (κ1) is 106. The van der Waals surface area contributed by atoms with Gasteiger partial charge in [0.05, 0.1) is 110 Å². The van der Waals surface area contributed by atoms with Crippen molar-refractivity contribution >= 4 is 154 Å². The minimum absolute atomic E-state index is 0. The van der Waals surface area contributed by atoms with E-state index in [1.165, 1.54) is 27.2 Å². The number of nitrogens with zero attached hydrogens (tertiary/aromatic N) is 3. The molecule has 7 aromatic rings. The summed E-state index contributed by atoms with van der Waals surface area (Å²) in [6.45, 7) is 20.0. The van der Waals surface area contributed by atoms with Crippen LogP contribution >= 0.6 is 114 Å². The summed E-state index contributed by atoms with van der Waals surface area (Å²) in [6.07, 6.45) is 4.75. The molecule has 11 rings (SSSR count). The maximum absolute atomic E-state index is 13.8. The number of likely N-dealkylation sites (tertiary alicyclic amines) is 1. The highest BCUT2D eigenvalue weighted by Gasteiger charge is 2.49. The van der Waals surface area contributed by atoms with E-state index in [-0.39, 0.29) is 103 Å². The van der Waals surface area contributed by atoms with Crippen LogP contribution in [0, 0.1) is 0 Å². The average molecular weight is 1850 g/mol. The lowest BCUT2D eigenvalue weighted by Gasteiger charge is -2.43. The van der Waals surface area contributed by atoms with Crippen molar-refractivity contribution in [1.29, 1.82) is 0 Å². The second-order valence-electron chi connectivity index (χ2n) is 30.1. The molecule has 2 fully saturated rings. The van der Waals surface area contributed by atoms with Gasteiger partial charge in [-0.1, -0.05) is 143 Å². The summed E-state index contributed by atoms with van der Waals surface area (Å²) in [5, 5.41) is 22.3. The number of carbonyl (C=O) groups excluding carboxylic acids is 2. The molecule has 5 atom stereocenters. The van der Waals surface area contributed by atoms with Crippen molar-refractivity contribution in [1.82, 2.24) is 20.0 Å². The number of halogens is 4. The van der Waals surface area contributed by atoms with Crippen molar-refractivity contribution in [3.8, 4) is 34.5 Å². The number of piperidine rings is 2. The van der Waals surface area contributed by atoms with Gasteiger partial charge in [0.1, 0.15) is 11.2 Å². The number of likely N-dealkylation sites (N-methyl/N-ethyl adjacent to an activating group) is 2. The number of hydrogen-bond acceptors (Lipinski definition) is 18. The lowest BCUT2D eigenvalue weighted by atomic mass is 9.83. The summed E-state index contributed by atoms with van der Waals surface area (Å²) in [5.74, 6) is 3.22. The van der Waals surface area contributed by atoms with Crippen LogP contribution in [0.2, 0.25) is 20.1 Å². The Morgan fingerprint density at radius 1 is 0.542 bits per heavy atom. The summed E-state index contributed by atoms with van der Waals surface area (Å²) in [4.78, 5) is 42.9. The predicted octanol–water partition coefficient (Wildman–Crippen LogP) is 18.1. The number of carboxylic acids is 1. The molecule has 0 aromatic heterocycles. The minimum Gasteiger partial charge on any atom is -0.493 e. The summed E-state index contributed by atoms with van der Waals surface area (Å²) < 4.78 is 82.6. The van der Waals surface area contributed by atoms with Crippen LogP contribution in [0.1, 0.15) is 143 Å². The number of amides is 2. The van der Waals surface area contributed by atoms with Gasteiger partial charge in [-0.15, -0.1) is 6.58 Å². The summed E-state index contributed by atoms with van der Waals surface area (Å²) in [6, 6.07) is 43.1. The molecule has 2 unspecified atom stereocenters. The van der Waals surface area contributed by atoms with Gasteiger partial charge < -0.3 is 67.8 Å². The van der Waals surface area contributed by atoms with E-state index in [2.05, 4.69) is 59.3 Å². The highest BCUT2D eigenvalue weighted by molar-refractivity contribution is 7.85. The van der Waals surface area contributed by atoms with E-state index in [4.69, 9.17) is 104 Å². The number of hydrogen-bond donors (Lipinski definition) is 3. The van der Waals surface area contributed by atoms with Crippen molar-refractivity contribution in [2.24, 2.45) is 0 Å². The van der Waals surface area contributed by atoms with Gasteiger partial charge in [-0.2, -0.15) is 67.5 Å². The topological polar surface area (TPSA) is 240 Å². The molecule has 0 saturated carbocycles. The number of fused-ring (bicyclic) bond motifs is 4. The molecule has 2 saturated heterocycles. The summed E-state index contributed by atoms with van der Waals surface area (Å²) in [5.41, 5.74) is 5.31. The van der Waals surface area contributed by atoms with E-state index in [1.807, 2.05) is 90.1 Å². The number of ether oxygens (including phenoxy) is 10. The van der Waals surface area contributed by atoms with E-state index in [9.17, 15) is 22.8 Å². The zero-order valence-electron chi connectivity index (χ0n) is 69.6. The Labute approximate surface area is 756 Å². The Balaban J connectivity index is 0.000000462. The number of aliphatic hydroxyl groups excluding tert-OH is 1. The van der Waals surface area contributed by atoms with E-state index in [0.29, 0.717) is 78.7 Å². The molecule has 654 valence electrons. The zero-order valence-corrected chi connectivity index (χ0v) is 79.2. The van der Waals surface area contributed by atoms with Crippen LogP contribution in [-0.4, -0.2) is 165 Å². The second kappa shape index (κ2) is 48.2. The number of rotatable bonds is 26. The maximum atomic E-state index is 13.8. The highest BCUT2D eigenvalue weighted by Crippen LogP contribution is 2.49. The third kappa shape index (κ3) is 26.3.